The van der Waals surface area contributed by atoms with Gasteiger partial charge in [-0.25, -0.2) is 0 Å². The predicted octanol–water partition coefficient (Wildman–Crippen LogP) is 3.65. The molecule has 156 valence electrons. The van der Waals surface area contributed by atoms with Gasteiger partial charge in [0.1, 0.15) is 12.2 Å². The summed E-state index contributed by atoms with van der Waals surface area (Å²) in [6, 6.07) is 0. The molecule has 0 aromatic carbocycles. The fraction of sp³-hybridized carbons (Fsp3) is 0.905. The van der Waals surface area contributed by atoms with Crippen molar-refractivity contribution in [3.8, 4) is 0 Å². The minimum atomic E-state index is -0.417. The third-order valence-electron chi connectivity index (χ3n) is 5.69. The van der Waals surface area contributed by atoms with Crippen molar-refractivity contribution in [1.82, 2.24) is 0 Å². The number of rotatable bonds is 11. The minimum absolute atomic E-state index is 0.0709. The molecule has 2 fully saturated rings. The van der Waals surface area contributed by atoms with Gasteiger partial charge in [-0.05, 0) is 25.7 Å². The molecular formula is C21H36O6. The van der Waals surface area contributed by atoms with Crippen LogP contribution in [-0.2, 0) is 28.5 Å². The Morgan fingerprint density at radius 3 is 1.70 bits per heavy atom. The van der Waals surface area contributed by atoms with Gasteiger partial charge in [-0.15, -0.1) is 0 Å². The summed E-state index contributed by atoms with van der Waals surface area (Å²) in [5.41, 5.74) is 0. The standard InChI is InChI=1S/C21H36O6/c1-5-9-11-15(8-4)21(23)27-17-13-25-18-16(12-24-19(17)18)26-20(22)14(7-3)10-6-2/h14-19H,5-13H2,1-4H3/t14-,15+,16-,17+,18-,19-/m1/s1. The second kappa shape index (κ2) is 11.0. The van der Waals surface area contributed by atoms with E-state index in [2.05, 4.69) is 13.8 Å². The maximum absolute atomic E-state index is 12.5. The van der Waals surface area contributed by atoms with Crippen LogP contribution in [0.25, 0.3) is 0 Å². The fourth-order valence-electron chi connectivity index (χ4n) is 3.90. The Morgan fingerprint density at radius 2 is 1.30 bits per heavy atom. The molecule has 2 rings (SSSR count). The first-order valence-corrected chi connectivity index (χ1v) is 10.7. The second-order valence-corrected chi connectivity index (χ2v) is 7.69. The summed E-state index contributed by atoms with van der Waals surface area (Å²) < 4.78 is 23.0. The van der Waals surface area contributed by atoms with E-state index in [0.717, 1.165) is 44.9 Å². The molecule has 6 nitrogen and oxygen atoms in total. The van der Waals surface area contributed by atoms with E-state index in [0.29, 0.717) is 13.2 Å². The summed E-state index contributed by atoms with van der Waals surface area (Å²) in [6.45, 7) is 8.78. The molecule has 0 aliphatic carbocycles. The molecule has 0 aromatic rings. The summed E-state index contributed by atoms with van der Waals surface area (Å²) in [4.78, 5) is 24.8. The highest BCUT2D eigenvalue weighted by Gasteiger charge is 2.51. The number of esters is 2. The van der Waals surface area contributed by atoms with Crippen LogP contribution in [0.2, 0.25) is 0 Å². The maximum atomic E-state index is 12.5. The summed E-state index contributed by atoms with van der Waals surface area (Å²) in [6.07, 6.45) is 4.73. The SMILES string of the molecule is CCCC[C@H](CC)C(=O)O[C@H]1CO[C@H]2[C@@H]1OC[C@H]2OC(=O)[C@H](CC)CCC. The molecule has 0 aromatic heterocycles. The van der Waals surface area contributed by atoms with Crippen LogP contribution in [-0.4, -0.2) is 49.6 Å². The Bertz CT molecular complexity index is 479. The van der Waals surface area contributed by atoms with Crippen LogP contribution >= 0.6 is 0 Å². The van der Waals surface area contributed by atoms with E-state index in [-0.39, 0.29) is 36.0 Å². The lowest BCUT2D eigenvalue weighted by Gasteiger charge is -2.21. The molecular weight excluding hydrogens is 348 g/mol. The van der Waals surface area contributed by atoms with E-state index in [1.807, 2.05) is 13.8 Å². The average molecular weight is 385 g/mol. The molecule has 0 saturated carbocycles. The minimum Gasteiger partial charge on any atom is -0.457 e. The smallest absolute Gasteiger partial charge is 0.309 e. The molecule has 0 unspecified atom stereocenters. The van der Waals surface area contributed by atoms with Crippen molar-refractivity contribution in [1.29, 1.82) is 0 Å². The van der Waals surface area contributed by atoms with E-state index >= 15 is 0 Å². The number of unbranched alkanes of at least 4 members (excludes halogenated alkanes) is 1. The van der Waals surface area contributed by atoms with Crippen LogP contribution in [0.5, 0.6) is 0 Å². The zero-order chi connectivity index (χ0) is 19.8. The highest BCUT2D eigenvalue weighted by molar-refractivity contribution is 5.73. The number of hydrogen-bond donors (Lipinski definition) is 0. The van der Waals surface area contributed by atoms with Gasteiger partial charge in [0.05, 0.1) is 25.0 Å². The number of ether oxygens (including phenoxy) is 4. The van der Waals surface area contributed by atoms with Crippen LogP contribution in [0, 0.1) is 11.8 Å². The van der Waals surface area contributed by atoms with Crippen molar-refractivity contribution in [2.75, 3.05) is 13.2 Å². The van der Waals surface area contributed by atoms with Gasteiger partial charge in [-0.2, -0.15) is 0 Å². The van der Waals surface area contributed by atoms with Crippen molar-refractivity contribution in [3.05, 3.63) is 0 Å². The molecule has 0 radical (unpaired) electrons. The molecule has 2 saturated heterocycles. The first-order valence-electron chi connectivity index (χ1n) is 10.7. The lowest BCUT2D eigenvalue weighted by atomic mass is 9.99. The lowest BCUT2D eigenvalue weighted by Crippen LogP contribution is -2.37. The predicted molar refractivity (Wildman–Crippen MR) is 101 cm³/mol. The second-order valence-electron chi connectivity index (χ2n) is 7.69. The number of carbonyl (C=O) groups excluding carboxylic acids is 2. The maximum Gasteiger partial charge on any atom is 0.309 e. The zero-order valence-electron chi connectivity index (χ0n) is 17.3. The molecule has 0 bridgehead atoms. The van der Waals surface area contributed by atoms with E-state index < -0.39 is 12.2 Å². The van der Waals surface area contributed by atoms with E-state index in [4.69, 9.17) is 18.9 Å². The zero-order valence-corrected chi connectivity index (χ0v) is 17.3. The summed E-state index contributed by atoms with van der Waals surface area (Å²) in [5, 5.41) is 0. The summed E-state index contributed by atoms with van der Waals surface area (Å²) in [7, 11) is 0. The van der Waals surface area contributed by atoms with Crippen LogP contribution in [0.15, 0.2) is 0 Å². The summed E-state index contributed by atoms with van der Waals surface area (Å²) in [5.74, 6) is -0.493. The molecule has 0 amide bonds. The van der Waals surface area contributed by atoms with Gasteiger partial charge in [-0.3, -0.25) is 9.59 Å². The number of hydrogen-bond acceptors (Lipinski definition) is 6. The van der Waals surface area contributed by atoms with Crippen LogP contribution in [0.1, 0.15) is 72.6 Å². The van der Waals surface area contributed by atoms with Gasteiger partial charge in [0.2, 0.25) is 0 Å². The van der Waals surface area contributed by atoms with Crippen molar-refractivity contribution < 1.29 is 28.5 Å². The first-order chi connectivity index (χ1) is 13.0. The quantitative estimate of drug-likeness (QED) is 0.506. The third kappa shape index (κ3) is 5.67. The van der Waals surface area contributed by atoms with Crippen LogP contribution < -0.4 is 0 Å². The van der Waals surface area contributed by atoms with Crippen molar-refractivity contribution >= 4 is 11.9 Å². The largest absolute Gasteiger partial charge is 0.457 e. The van der Waals surface area contributed by atoms with E-state index in [1.54, 1.807) is 0 Å². The third-order valence-corrected chi connectivity index (χ3v) is 5.69. The van der Waals surface area contributed by atoms with Gasteiger partial charge < -0.3 is 18.9 Å². The van der Waals surface area contributed by atoms with Crippen molar-refractivity contribution in [3.63, 3.8) is 0 Å². The average Bonchev–Trinajstić information content (AvgIpc) is 3.24. The van der Waals surface area contributed by atoms with Crippen LogP contribution in [0.4, 0.5) is 0 Å². The first kappa shape index (κ1) is 22.2. The highest BCUT2D eigenvalue weighted by atomic mass is 16.7. The molecule has 27 heavy (non-hydrogen) atoms. The Morgan fingerprint density at radius 1 is 0.815 bits per heavy atom. The van der Waals surface area contributed by atoms with Gasteiger partial charge >= 0.3 is 11.9 Å². The molecule has 0 spiro atoms. The normalized spacial score (nSPS) is 29.2. The van der Waals surface area contributed by atoms with E-state index in [9.17, 15) is 9.59 Å². The van der Waals surface area contributed by atoms with Crippen molar-refractivity contribution in [2.45, 2.75) is 97.1 Å². The Labute approximate surface area is 163 Å². The Balaban J connectivity index is 1.87. The van der Waals surface area contributed by atoms with Gasteiger partial charge in [0, 0.05) is 0 Å². The molecule has 2 aliphatic heterocycles. The number of fused-ring (bicyclic) bond motifs is 1. The lowest BCUT2D eigenvalue weighted by molar-refractivity contribution is -0.160. The molecule has 6 atom stereocenters. The monoisotopic (exact) mass is 384 g/mol. The number of carbonyl (C=O) groups is 2. The van der Waals surface area contributed by atoms with Gasteiger partial charge in [0.15, 0.2) is 12.2 Å². The summed E-state index contributed by atoms with van der Waals surface area (Å²) >= 11 is 0. The van der Waals surface area contributed by atoms with Gasteiger partial charge in [-0.1, -0.05) is 47.0 Å². The fourth-order valence-corrected chi connectivity index (χ4v) is 3.90. The van der Waals surface area contributed by atoms with Gasteiger partial charge in [0.25, 0.3) is 0 Å². The van der Waals surface area contributed by atoms with Crippen LogP contribution in [0.3, 0.4) is 0 Å². The van der Waals surface area contributed by atoms with Crippen molar-refractivity contribution in [2.24, 2.45) is 11.8 Å². The topological polar surface area (TPSA) is 71.1 Å². The molecule has 2 heterocycles. The molecule has 6 heteroatoms. The van der Waals surface area contributed by atoms with E-state index in [1.165, 1.54) is 0 Å². The Hall–Kier alpha value is -1.14. The molecule has 2 aliphatic rings. The Kier molecular flexibility index (Phi) is 9.03. The molecule has 0 N–H and O–H groups in total. The highest BCUT2D eigenvalue weighted by Crippen LogP contribution is 2.32.